The van der Waals surface area contributed by atoms with Gasteiger partial charge in [0.1, 0.15) is 0 Å². The minimum absolute atomic E-state index is 0. The van der Waals surface area contributed by atoms with Crippen molar-refractivity contribution in [3.63, 3.8) is 0 Å². The Morgan fingerprint density at radius 3 is 2.38 bits per heavy atom. The number of nitrogens with two attached hydrogens (primary N) is 1. The van der Waals surface area contributed by atoms with Crippen LogP contribution in [0.25, 0.3) is 0 Å². The minimum Gasteiger partial charge on any atom is -0.354 e. The van der Waals surface area contributed by atoms with E-state index in [1.165, 1.54) is 6.07 Å². The van der Waals surface area contributed by atoms with Gasteiger partial charge in [-0.2, -0.15) is 13.2 Å². The molecule has 0 saturated heterocycles. The summed E-state index contributed by atoms with van der Waals surface area (Å²) in [5, 5.41) is 2.76. The molecule has 0 saturated carbocycles. The van der Waals surface area contributed by atoms with Crippen LogP contribution in [0.1, 0.15) is 29.7 Å². The maximum Gasteiger partial charge on any atom is 0.416 e. The number of carbonyl (C=O) groups is 1. The second kappa shape index (κ2) is 9.59. The number of rotatable bonds is 6. The van der Waals surface area contributed by atoms with Gasteiger partial charge in [0.25, 0.3) is 0 Å². The zero-order chi connectivity index (χ0) is 18.4. The smallest absolute Gasteiger partial charge is 0.354 e. The lowest BCUT2D eigenvalue weighted by molar-refractivity contribution is -0.137. The van der Waals surface area contributed by atoms with Crippen molar-refractivity contribution in [3.05, 3.63) is 71.3 Å². The van der Waals surface area contributed by atoms with Crippen LogP contribution in [0, 0.1) is 5.92 Å². The molecule has 0 aliphatic carbocycles. The number of hydrogen-bond donors (Lipinski definition) is 2. The fraction of sp³-hybridized carbons (Fsp3) is 0.316. The number of alkyl halides is 3. The number of nitrogens with one attached hydrogen (secondary N) is 1. The number of benzene rings is 2. The highest BCUT2D eigenvalue weighted by Gasteiger charge is 2.30. The first-order chi connectivity index (χ1) is 11.8. The summed E-state index contributed by atoms with van der Waals surface area (Å²) in [7, 11) is 0. The van der Waals surface area contributed by atoms with Crippen LogP contribution >= 0.6 is 12.4 Å². The lowest BCUT2D eigenvalue weighted by Gasteiger charge is -2.17. The van der Waals surface area contributed by atoms with E-state index in [1.54, 1.807) is 13.0 Å². The molecule has 142 valence electrons. The maximum atomic E-state index is 12.7. The van der Waals surface area contributed by atoms with Crippen molar-refractivity contribution in [2.24, 2.45) is 11.7 Å². The van der Waals surface area contributed by atoms with E-state index in [-0.39, 0.29) is 37.3 Å². The van der Waals surface area contributed by atoms with Crippen LogP contribution in [0.15, 0.2) is 54.6 Å². The Hall–Kier alpha value is -2.05. The average Bonchev–Trinajstić information content (AvgIpc) is 2.59. The highest BCUT2D eigenvalue weighted by Crippen LogP contribution is 2.30. The summed E-state index contributed by atoms with van der Waals surface area (Å²) < 4.78 is 38.2. The Kier molecular flexibility index (Phi) is 8.11. The second-order valence-electron chi connectivity index (χ2n) is 6.07. The van der Waals surface area contributed by atoms with E-state index in [9.17, 15) is 18.0 Å². The summed E-state index contributed by atoms with van der Waals surface area (Å²) in [6.07, 6.45) is -4.15. The van der Waals surface area contributed by atoms with Gasteiger partial charge in [-0.15, -0.1) is 12.4 Å². The molecule has 26 heavy (non-hydrogen) atoms. The largest absolute Gasteiger partial charge is 0.416 e. The van der Waals surface area contributed by atoms with Gasteiger partial charge >= 0.3 is 6.18 Å². The third kappa shape index (κ3) is 6.35. The number of carbonyl (C=O) groups excluding carboxylic acids is 1. The molecule has 0 fully saturated rings. The normalized spacial score (nSPS) is 13.4. The van der Waals surface area contributed by atoms with E-state index in [0.29, 0.717) is 5.56 Å². The monoisotopic (exact) mass is 386 g/mol. The molecule has 0 bridgehead atoms. The Balaban J connectivity index is 0.00000338. The topological polar surface area (TPSA) is 55.1 Å². The number of amides is 1. The van der Waals surface area contributed by atoms with Gasteiger partial charge in [-0.1, -0.05) is 55.5 Å². The van der Waals surface area contributed by atoms with Crippen molar-refractivity contribution in [1.29, 1.82) is 0 Å². The van der Waals surface area contributed by atoms with E-state index in [0.717, 1.165) is 17.7 Å². The molecule has 3 N–H and O–H groups in total. The van der Waals surface area contributed by atoms with Gasteiger partial charge in [0.2, 0.25) is 5.91 Å². The summed E-state index contributed by atoms with van der Waals surface area (Å²) >= 11 is 0. The summed E-state index contributed by atoms with van der Waals surface area (Å²) in [5.74, 6) is -0.685. The lowest BCUT2D eigenvalue weighted by atomic mass is 9.98. The third-order valence-electron chi connectivity index (χ3n) is 3.97. The van der Waals surface area contributed by atoms with E-state index < -0.39 is 17.7 Å². The van der Waals surface area contributed by atoms with Crippen molar-refractivity contribution >= 4 is 18.3 Å². The van der Waals surface area contributed by atoms with Crippen LogP contribution in [-0.4, -0.2) is 12.5 Å². The molecular formula is C19H22ClF3N2O. The van der Waals surface area contributed by atoms with Crippen molar-refractivity contribution in [1.82, 2.24) is 5.32 Å². The van der Waals surface area contributed by atoms with Crippen molar-refractivity contribution in [2.75, 3.05) is 6.54 Å². The van der Waals surface area contributed by atoms with Crippen molar-refractivity contribution < 1.29 is 18.0 Å². The molecule has 0 aromatic heterocycles. The third-order valence-corrected chi connectivity index (χ3v) is 3.97. The number of halogens is 4. The Morgan fingerprint density at radius 2 is 1.77 bits per heavy atom. The summed E-state index contributed by atoms with van der Waals surface area (Å²) in [6.45, 7) is 1.96. The molecule has 2 rings (SSSR count). The van der Waals surface area contributed by atoms with E-state index in [2.05, 4.69) is 5.32 Å². The first-order valence-electron chi connectivity index (χ1n) is 8.01. The molecule has 2 atom stereocenters. The molecule has 0 spiro atoms. The highest BCUT2D eigenvalue weighted by molar-refractivity contribution is 5.85. The van der Waals surface area contributed by atoms with Crippen molar-refractivity contribution in [2.45, 2.75) is 25.6 Å². The molecule has 7 heteroatoms. The van der Waals surface area contributed by atoms with Gasteiger partial charge in [-0.25, -0.2) is 0 Å². The van der Waals surface area contributed by atoms with Crippen LogP contribution in [0.5, 0.6) is 0 Å². The zero-order valence-corrected chi connectivity index (χ0v) is 15.1. The molecule has 1 amide bonds. The highest BCUT2D eigenvalue weighted by atomic mass is 35.5. The van der Waals surface area contributed by atoms with Crippen LogP contribution in [0.2, 0.25) is 0 Å². The van der Waals surface area contributed by atoms with E-state index in [4.69, 9.17) is 5.73 Å². The SMILES string of the molecule is CC(Cc1cccc(C(F)(F)F)c1)C(=O)NCC(N)c1ccccc1.Cl. The van der Waals surface area contributed by atoms with Gasteiger partial charge in [0, 0.05) is 18.5 Å². The molecule has 2 unspecified atom stereocenters. The second-order valence-corrected chi connectivity index (χ2v) is 6.07. The molecule has 0 aliphatic rings. The quantitative estimate of drug-likeness (QED) is 0.784. The molecule has 0 heterocycles. The molecule has 0 aliphatic heterocycles. The maximum absolute atomic E-state index is 12.7. The molecule has 2 aromatic carbocycles. The van der Waals surface area contributed by atoms with Crippen molar-refractivity contribution in [3.8, 4) is 0 Å². The Morgan fingerprint density at radius 1 is 1.12 bits per heavy atom. The predicted octanol–water partition coefficient (Wildman–Crippen LogP) is 4.12. The molecule has 2 aromatic rings. The fourth-order valence-electron chi connectivity index (χ4n) is 2.52. The predicted molar refractivity (Wildman–Crippen MR) is 97.9 cm³/mol. The summed E-state index contributed by atoms with van der Waals surface area (Å²) in [6, 6.07) is 14.1. The molecule has 3 nitrogen and oxygen atoms in total. The lowest BCUT2D eigenvalue weighted by Crippen LogP contribution is -2.35. The van der Waals surface area contributed by atoms with Gasteiger partial charge in [-0.3, -0.25) is 4.79 Å². The van der Waals surface area contributed by atoms with Gasteiger partial charge in [0.15, 0.2) is 0 Å². The van der Waals surface area contributed by atoms with E-state index in [1.807, 2.05) is 30.3 Å². The fourth-order valence-corrected chi connectivity index (χ4v) is 2.52. The first kappa shape index (κ1) is 22.0. The standard InChI is InChI=1S/C19H21F3N2O.ClH/c1-13(10-14-6-5-9-16(11-14)19(20,21)22)18(25)24-12-17(23)15-7-3-2-4-8-15;/h2-9,11,13,17H,10,12,23H2,1H3,(H,24,25);1H. The average molecular weight is 387 g/mol. The minimum atomic E-state index is -4.38. The van der Waals surface area contributed by atoms with Gasteiger partial charge < -0.3 is 11.1 Å². The molecular weight excluding hydrogens is 365 g/mol. The number of hydrogen-bond acceptors (Lipinski definition) is 2. The van der Waals surface area contributed by atoms with Crippen LogP contribution in [-0.2, 0) is 17.4 Å². The van der Waals surface area contributed by atoms with Gasteiger partial charge in [-0.05, 0) is 23.6 Å². The van der Waals surface area contributed by atoms with E-state index >= 15 is 0 Å². The van der Waals surface area contributed by atoms with Gasteiger partial charge in [0.05, 0.1) is 5.56 Å². The summed E-state index contributed by atoms with van der Waals surface area (Å²) in [4.78, 5) is 12.2. The Bertz CT molecular complexity index is 707. The first-order valence-corrected chi connectivity index (χ1v) is 8.01. The zero-order valence-electron chi connectivity index (χ0n) is 14.3. The van der Waals surface area contributed by atoms with Crippen LogP contribution < -0.4 is 11.1 Å². The van der Waals surface area contributed by atoms with Crippen LogP contribution in [0.4, 0.5) is 13.2 Å². The summed E-state index contributed by atoms with van der Waals surface area (Å²) in [5.41, 5.74) is 6.71. The Labute approximate surface area is 157 Å². The molecule has 0 radical (unpaired) electrons. The van der Waals surface area contributed by atoms with Crippen LogP contribution in [0.3, 0.4) is 0 Å².